The van der Waals surface area contributed by atoms with E-state index in [9.17, 15) is 4.79 Å². The summed E-state index contributed by atoms with van der Waals surface area (Å²) in [6.45, 7) is 9.27. The number of benzene rings is 2. The van der Waals surface area contributed by atoms with E-state index >= 15 is 0 Å². The molecule has 0 aliphatic carbocycles. The van der Waals surface area contributed by atoms with Crippen LogP contribution >= 0.6 is 0 Å². The minimum atomic E-state index is -0.0693. The first kappa shape index (κ1) is 18.8. The van der Waals surface area contributed by atoms with Crippen LogP contribution in [-0.4, -0.2) is 23.6 Å². The predicted octanol–water partition coefficient (Wildman–Crippen LogP) is 4.77. The van der Waals surface area contributed by atoms with E-state index in [0.717, 1.165) is 16.9 Å². The van der Waals surface area contributed by atoms with E-state index in [1.54, 1.807) is 0 Å². The normalized spacial score (nSPS) is 11.9. The average molecular weight is 340 g/mol. The van der Waals surface area contributed by atoms with Crippen LogP contribution < -0.4 is 10.1 Å². The van der Waals surface area contributed by atoms with Gasteiger partial charge >= 0.3 is 6.03 Å². The Kier molecular flexibility index (Phi) is 6.87. The van der Waals surface area contributed by atoms with Crippen molar-refractivity contribution in [2.24, 2.45) is 0 Å². The number of nitrogens with one attached hydrogen (secondary N) is 1. The molecule has 2 aromatic rings. The van der Waals surface area contributed by atoms with Crippen molar-refractivity contribution in [3.63, 3.8) is 0 Å². The summed E-state index contributed by atoms with van der Waals surface area (Å²) in [5.74, 6) is 0.845. The van der Waals surface area contributed by atoms with Crippen LogP contribution in [0.1, 0.15) is 44.9 Å². The Balaban J connectivity index is 2.01. The Labute approximate surface area is 150 Å². The Hall–Kier alpha value is -2.49. The number of hydrogen-bond donors (Lipinski definition) is 1. The largest absolute Gasteiger partial charge is 0.494 e. The molecular weight excluding hydrogens is 312 g/mol. The molecule has 134 valence electrons. The standard InChI is InChI=1S/C21H28N2O2/c1-5-25-20-13-11-19(12-14-20)17(4)22-21(24)23(16(2)3)15-18-9-7-6-8-10-18/h6-14,16-17H,5,15H2,1-4H3,(H,22,24). The molecule has 0 fully saturated rings. The molecule has 0 aliphatic rings. The molecule has 1 N–H and O–H groups in total. The van der Waals surface area contributed by atoms with Crippen molar-refractivity contribution in [2.75, 3.05) is 6.61 Å². The zero-order chi connectivity index (χ0) is 18.2. The summed E-state index contributed by atoms with van der Waals surface area (Å²) in [7, 11) is 0. The highest BCUT2D eigenvalue weighted by Crippen LogP contribution is 2.18. The summed E-state index contributed by atoms with van der Waals surface area (Å²) < 4.78 is 5.46. The van der Waals surface area contributed by atoms with Gasteiger partial charge in [-0.3, -0.25) is 0 Å². The van der Waals surface area contributed by atoms with Crippen LogP contribution in [0.5, 0.6) is 5.75 Å². The van der Waals surface area contributed by atoms with Crippen molar-refractivity contribution in [3.05, 3.63) is 65.7 Å². The Bertz CT molecular complexity index is 653. The van der Waals surface area contributed by atoms with E-state index in [4.69, 9.17) is 4.74 Å². The molecule has 0 radical (unpaired) electrons. The van der Waals surface area contributed by atoms with Gasteiger partial charge in [-0.1, -0.05) is 42.5 Å². The molecule has 25 heavy (non-hydrogen) atoms. The monoisotopic (exact) mass is 340 g/mol. The first-order chi connectivity index (χ1) is 12.0. The Morgan fingerprint density at radius 3 is 2.24 bits per heavy atom. The highest BCUT2D eigenvalue weighted by molar-refractivity contribution is 5.75. The quantitative estimate of drug-likeness (QED) is 0.789. The van der Waals surface area contributed by atoms with Gasteiger partial charge in [0.25, 0.3) is 0 Å². The minimum Gasteiger partial charge on any atom is -0.494 e. The van der Waals surface area contributed by atoms with Crippen LogP contribution in [-0.2, 0) is 6.54 Å². The third-order valence-electron chi connectivity index (χ3n) is 4.11. The van der Waals surface area contributed by atoms with Crippen LogP contribution in [0.2, 0.25) is 0 Å². The number of ether oxygens (including phenoxy) is 1. The molecule has 2 rings (SSSR count). The lowest BCUT2D eigenvalue weighted by atomic mass is 10.1. The molecular formula is C21H28N2O2. The van der Waals surface area contributed by atoms with Gasteiger partial charge in [0.05, 0.1) is 12.6 Å². The highest BCUT2D eigenvalue weighted by Gasteiger charge is 2.19. The lowest BCUT2D eigenvalue weighted by molar-refractivity contribution is 0.176. The summed E-state index contributed by atoms with van der Waals surface area (Å²) >= 11 is 0. The molecule has 0 aromatic heterocycles. The Morgan fingerprint density at radius 1 is 1.04 bits per heavy atom. The van der Waals surface area contributed by atoms with Gasteiger partial charge in [-0.05, 0) is 51.0 Å². The maximum atomic E-state index is 12.7. The van der Waals surface area contributed by atoms with E-state index < -0.39 is 0 Å². The van der Waals surface area contributed by atoms with Crippen LogP contribution in [0.25, 0.3) is 0 Å². The average Bonchev–Trinajstić information content (AvgIpc) is 2.61. The number of nitrogens with zero attached hydrogens (tertiary/aromatic N) is 1. The van der Waals surface area contributed by atoms with Gasteiger partial charge in [-0.25, -0.2) is 4.79 Å². The van der Waals surface area contributed by atoms with Crippen molar-refractivity contribution in [3.8, 4) is 5.75 Å². The van der Waals surface area contributed by atoms with Gasteiger partial charge in [-0.15, -0.1) is 0 Å². The number of amides is 2. The van der Waals surface area contributed by atoms with Crippen LogP contribution in [0.15, 0.2) is 54.6 Å². The smallest absolute Gasteiger partial charge is 0.318 e. The van der Waals surface area contributed by atoms with Crippen molar-refractivity contribution >= 4 is 6.03 Å². The minimum absolute atomic E-state index is 0.0553. The van der Waals surface area contributed by atoms with Crippen molar-refractivity contribution in [2.45, 2.75) is 46.3 Å². The van der Waals surface area contributed by atoms with E-state index in [-0.39, 0.29) is 18.1 Å². The van der Waals surface area contributed by atoms with Crippen molar-refractivity contribution in [1.82, 2.24) is 10.2 Å². The molecule has 0 bridgehead atoms. The lowest BCUT2D eigenvalue weighted by Gasteiger charge is -2.29. The number of carbonyl (C=O) groups is 1. The second-order valence-corrected chi connectivity index (χ2v) is 6.38. The molecule has 0 spiro atoms. The maximum absolute atomic E-state index is 12.7. The highest BCUT2D eigenvalue weighted by atomic mass is 16.5. The molecule has 0 saturated heterocycles. The number of rotatable bonds is 7. The molecule has 1 unspecified atom stereocenters. The summed E-state index contributed by atoms with van der Waals surface area (Å²) in [5.41, 5.74) is 2.18. The van der Waals surface area contributed by atoms with E-state index in [2.05, 4.69) is 5.32 Å². The summed E-state index contributed by atoms with van der Waals surface area (Å²) in [4.78, 5) is 14.6. The third-order valence-corrected chi connectivity index (χ3v) is 4.11. The summed E-state index contributed by atoms with van der Waals surface area (Å²) in [6, 6.07) is 17.9. The second-order valence-electron chi connectivity index (χ2n) is 6.38. The third kappa shape index (κ3) is 5.52. The van der Waals surface area contributed by atoms with E-state index in [1.807, 2.05) is 87.2 Å². The maximum Gasteiger partial charge on any atom is 0.318 e. The number of hydrogen-bond acceptors (Lipinski definition) is 2. The number of carbonyl (C=O) groups excluding carboxylic acids is 1. The van der Waals surface area contributed by atoms with Crippen LogP contribution in [0.3, 0.4) is 0 Å². The zero-order valence-electron chi connectivity index (χ0n) is 15.5. The molecule has 1 atom stereocenters. The van der Waals surface area contributed by atoms with Gasteiger partial charge in [0.15, 0.2) is 0 Å². The molecule has 4 heteroatoms. The first-order valence-electron chi connectivity index (χ1n) is 8.85. The molecule has 0 aliphatic heterocycles. The van der Waals surface area contributed by atoms with Crippen molar-refractivity contribution < 1.29 is 9.53 Å². The van der Waals surface area contributed by atoms with E-state index in [1.165, 1.54) is 0 Å². The fraction of sp³-hybridized carbons (Fsp3) is 0.381. The van der Waals surface area contributed by atoms with Crippen LogP contribution in [0, 0.1) is 0 Å². The van der Waals surface area contributed by atoms with Gasteiger partial charge < -0.3 is 15.0 Å². The van der Waals surface area contributed by atoms with Crippen LogP contribution in [0.4, 0.5) is 4.79 Å². The molecule has 2 amide bonds. The van der Waals surface area contributed by atoms with Gasteiger partial charge in [0.2, 0.25) is 0 Å². The fourth-order valence-electron chi connectivity index (χ4n) is 2.64. The summed E-state index contributed by atoms with van der Waals surface area (Å²) in [6.07, 6.45) is 0. The number of urea groups is 1. The first-order valence-corrected chi connectivity index (χ1v) is 8.85. The van der Waals surface area contributed by atoms with Crippen molar-refractivity contribution in [1.29, 1.82) is 0 Å². The SMILES string of the molecule is CCOc1ccc(C(C)NC(=O)N(Cc2ccccc2)C(C)C)cc1. The van der Waals surface area contributed by atoms with Gasteiger partial charge in [0, 0.05) is 12.6 Å². The lowest BCUT2D eigenvalue weighted by Crippen LogP contribution is -2.44. The predicted molar refractivity (Wildman–Crippen MR) is 102 cm³/mol. The summed E-state index contributed by atoms with van der Waals surface area (Å²) in [5, 5.41) is 3.10. The van der Waals surface area contributed by atoms with Gasteiger partial charge in [-0.2, -0.15) is 0 Å². The second kappa shape index (κ2) is 9.11. The van der Waals surface area contributed by atoms with Gasteiger partial charge in [0.1, 0.15) is 5.75 Å². The molecule has 2 aromatic carbocycles. The van der Waals surface area contributed by atoms with E-state index in [0.29, 0.717) is 13.2 Å². The fourth-order valence-corrected chi connectivity index (χ4v) is 2.64. The zero-order valence-corrected chi connectivity index (χ0v) is 15.5. The molecule has 0 saturated carbocycles. The molecule has 0 heterocycles. The molecule has 4 nitrogen and oxygen atoms in total. The Morgan fingerprint density at radius 2 is 1.68 bits per heavy atom. The topological polar surface area (TPSA) is 41.6 Å².